The number of carbonyl (C=O) groups excluding carboxylic acids is 1. The lowest BCUT2D eigenvalue weighted by Gasteiger charge is -2.29. The Morgan fingerprint density at radius 3 is 2.56 bits per heavy atom. The summed E-state index contributed by atoms with van der Waals surface area (Å²) in [4.78, 5) is 27.7. The standard InChI is InChI=1S/C34H42N6O3/c1-21-32-31(37-33(40(32)17-16-35-21)23-12-10-22(11-13-23)20-38(2)3)24-14-15-26(30(18-24)43-6)36-34(41)28-19-25-27(39(28)4)8-7-9-29(25)42-5/h7-9,14-18,22-23,28H,10-13,19-20H2,1-6H3,(H,36,41). The molecule has 9 nitrogen and oxygen atoms in total. The van der Waals surface area contributed by atoms with Crippen LogP contribution < -0.4 is 19.7 Å². The van der Waals surface area contributed by atoms with Crippen molar-refractivity contribution in [1.29, 1.82) is 0 Å². The fourth-order valence-corrected chi connectivity index (χ4v) is 7.03. The van der Waals surface area contributed by atoms with Crippen LogP contribution in [0, 0.1) is 12.8 Å². The summed E-state index contributed by atoms with van der Waals surface area (Å²) in [5.74, 6) is 3.57. The first-order valence-corrected chi connectivity index (χ1v) is 15.1. The van der Waals surface area contributed by atoms with Crippen molar-refractivity contribution >= 4 is 22.8 Å². The molecule has 2 aliphatic rings. The highest BCUT2D eigenvalue weighted by Crippen LogP contribution is 2.41. The van der Waals surface area contributed by atoms with Gasteiger partial charge in [-0.25, -0.2) is 4.98 Å². The van der Waals surface area contributed by atoms with Gasteiger partial charge in [0.15, 0.2) is 0 Å². The van der Waals surface area contributed by atoms with Gasteiger partial charge in [-0.15, -0.1) is 0 Å². The quantitative estimate of drug-likeness (QED) is 0.291. The van der Waals surface area contributed by atoms with E-state index in [2.05, 4.69) is 33.7 Å². The zero-order valence-electron chi connectivity index (χ0n) is 26.1. The molecule has 9 heteroatoms. The predicted molar refractivity (Wildman–Crippen MR) is 170 cm³/mol. The van der Waals surface area contributed by atoms with Crippen LogP contribution in [0.5, 0.6) is 11.5 Å². The van der Waals surface area contributed by atoms with E-state index in [0.29, 0.717) is 23.8 Å². The Bertz CT molecular complexity index is 1640. The number of methoxy groups -OCH3 is 2. The number of amides is 1. The molecule has 1 N–H and O–H groups in total. The minimum Gasteiger partial charge on any atom is -0.496 e. The van der Waals surface area contributed by atoms with Gasteiger partial charge in [-0.3, -0.25) is 14.2 Å². The molecule has 1 amide bonds. The third-order valence-electron chi connectivity index (χ3n) is 9.21. The number of hydrogen-bond donors (Lipinski definition) is 1. The second kappa shape index (κ2) is 11.9. The van der Waals surface area contributed by atoms with Crippen molar-refractivity contribution in [2.75, 3.05) is 52.1 Å². The zero-order valence-corrected chi connectivity index (χ0v) is 26.1. The molecule has 1 aliphatic carbocycles. The van der Waals surface area contributed by atoms with E-state index in [0.717, 1.165) is 70.6 Å². The van der Waals surface area contributed by atoms with Gasteiger partial charge in [0.25, 0.3) is 0 Å². The Morgan fingerprint density at radius 2 is 1.84 bits per heavy atom. The largest absolute Gasteiger partial charge is 0.496 e. The van der Waals surface area contributed by atoms with E-state index < -0.39 is 0 Å². The number of aryl methyl sites for hydroxylation is 1. The number of carbonyl (C=O) groups is 1. The van der Waals surface area contributed by atoms with E-state index >= 15 is 0 Å². The maximum atomic E-state index is 13.5. The van der Waals surface area contributed by atoms with Gasteiger partial charge >= 0.3 is 0 Å². The molecule has 0 radical (unpaired) electrons. The number of imidazole rings is 1. The lowest BCUT2D eigenvalue weighted by molar-refractivity contribution is -0.117. The normalized spacial score (nSPS) is 20.0. The summed E-state index contributed by atoms with van der Waals surface area (Å²) < 4.78 is 13.6. The third-order valence-corrected chi connectivity index (χ3v) is 9.21. The summed E-state index contributed by atoms with van der Waals surface area (Å²) in [5, 5.41) is 3.12. The minimum atomic E-state index is -0.350. The molecule has 0 saturated heterocycles. The molecule has 2 aromatic heterocycles. The summed E-state index contributed by atoms with van der Waals surface area (Å²) in [6.07, 6.45) is 9.19. The molecule has 2 aromatic carbocycles. The van der Waals surface area contributed by atoms with Crippen LogP contribution in [0.25, 0.3) is 16.8 Å². The molecule has 0 spiro atoms. The molecule has 43 heavy (non-hydrogen) atoms. The van der Waals surface area contributed by atoms with Crippen molar-refractivity contribution < 1.29 is 14.3 Å². The molecule has 6 rings (SSSR count). The van der Waals surface area contributed by atoms with E-state index in [1.807, 2.05) is 67.7 Å². The van der Waals surface area contributed by atoms with Crippen LogP contribution in [0.1, 0.15) is 48.7 Å². The van der Waals surface area contributed by atoms with Crippen LogP contribution in [0.15, 0.2) is 48.8 Å². The second-order valence-electron chi connectivity index (χ2n) is 12.2. The molecule has 3 heterocycles. The molecule has 0 bridgehead atoms. The molecular formula is C34H42N6O3. The number of aromatic nitrogens is 3. The molecule has 4 aromatic rings. The molecule has 1 saturated carbocycles. The van der Waals surface area contributed by atoms with Crippen molar-refractivity contribution in [1.82, 2.24) is 19.3 Å². The highest BCUT2D eigenvalue weighted by molar-refractivity contribution is 6.00. The summed E-state index contributed by atoms with van der Waals surface area (Å²) in [7, 11) is 9.56. The van der Waals surface area contributed by atoms with Crippen molar-refractivity contribution in [3.63, 3.8) is 0 Å². The van der Waals surface area contributed by atoms with E-state index in [1.54, 1.807) is 14.2 Å². The maximum absolute atomic E-state index is 13.5. The minimum absolute atomic E-state index is 0.0913. The van der Waals surface area contributed by atoms with Gasteiger partial charge in [-0.2, -0.15) is 0 Å². The highest BCUT2D eigenvalue weighted by Gasteiger charge is 2.34. The summed E-state index contributed by atoms with van der Waals surface area (Å²) in [5.41, 5.74) is 6.48. The van der Waals surface area contributed by atoms with Crippen LogP contribution in [0.2, 0.25) is 0 Å². The predicted octanol–water partition coefficient (Wildman–Crippen LogP) is 5.56. The van der Waals surface area contributed by atoms with Gasteiger partial charge in [0, 0.05) is 55.1 Å². The Labute approximate surface area is 253 Å². The van der Waals surface area contributed by atoms with Gasteiger partial charge in [-0.1, -0.05) is 12.1 Å². The van der Waals surface area contributed by atoms with E-state index in [4.69, 9.17) is 14.5 Å². The Morgan fingerprint density at radius 1 is 1.07 bits per heavy atom. The Hall–Kier alpha value is -4.11. The lowest BCUT2D eigenvalue weighted by atomic mass is 9.81. The summed E-state index contributed by atoms with van der Waals surface area (Å²) in [6, 6.07) is 11.5. The van der Waals surface area contributed by atoms with Crippen molar-refractivity contribution in [2.24, 2.45) is 5.92 Å². The van der Waals surface area contributed by atoms with Crippen LogP contribution in [-0.2, 0) is 11.2 Å². The van der Waals surface area contributed by atoms with Crippen LogP contribution in [0.3, 0.4) is 0 Å². The first kappa shape index (κ1) is 29.0. The first-order valence-electron chi connectivity index (χ1n) is 15.1. The van der Waals surface area contributed by atoms with E-state index in [-0.39, 0.29) is 11.9 Å². The molecular weight excluding hydrogens is 540 g/mol. The maximum Gasteiger partial charge on any atom is 0.247 e. The number of hydrogen-bond acceptors (Lipinski definition) is 7. The smallest absolute Gasteiger partial charge is 0.247 e. The van der Waals surface area contributed by atoms with Crippen LogP contribution in [-0.4, -0.2) is 73.1 Å². The van der Waals surface area contributed by atoms with Crippen LogP contribution >= 0.6 is 0 Å². The Balaban J connectivity index is 1.26. The number of ether oxygens (including phenoxy) is 2. The van der Waals surface area contributed by atoms with Crippen molar-refractivity contribution in [3.8, 4) is 22.8 Å². The zero-order chi connectivity index (χ0) is 30.2. The van der Waals surface area contributed by atoms with E-state index in [9.17, 15) is 4.79 Å². The summed E-state index contributed by atoms with van der Waals surface area (Å²) in [6.45, 7) is 3.18. The molecule has 1 unspecified atom stereocenters. The van der Waals surface area contributed by atoms with Gasteiger partial charge in [0.05, 0.1) is 36.8 Å². The van der Waals surface area contributed by atoms with Crippen molar-refractivity contribution in [3.05, 3.63) is 65.9 Å². The summed E-state index contributed by atoms with van der Waals surface area (Å²) >= 11 is 0. The monoisotopic (exact) mass is 582 g/mol. The van der Waals surface area contributed by atoms with Gasteiger partial charge in [-0.05, 0) is 76.9 Å². The topological polar surface area (TPSA) is 84.2 Å². The van der Waals surface area contributed by atoms with Gasteiger partial charge < -0.3 is 24.6 Å². The lowest BCUT2D eigenvalue weighted by Crippen LogP contribution is -2.39. The fourth-order valence-electron chi connectivity index (χ4n) is 7.03. The third kappa shape index (κ3) is 5.42. The number of benzene rings is 2. The number of anilines is 2. The molecule has 226 valence electrons. The number of likely N-dealkylation sites (N-methyl/N-ethyl adjacent to an activating group) is 1. The average Bonchev–Trinajstić information content (AvgIpc) is 3.56. The molecule has 1 aliphatic heterocycles. The number of fused-ring (bicyclic) bond motifs is 2. The Kier molecular flexibility index (Phi) is 8.01. The molecule has 1 atom stereocenters. The fraction of sp³-hybridized carbons (Fsp3) is 0.441. The molecule has 1 fully saturated rings. The van der Waals surface area contributed by atoms with Crippen molar-refractivity contribution in [2.45, 2.75) is 51.0 Å². The SMILES string of the molecule is COc1cc(-c2nc(C3CCC(CN(C)C)CC3)n3ccnc(C)c23)ccc1NC(=O)C1Cc2c(OC)cccc2N1C. The van der Waals surface area contributed by atoms with Gasteiger partial charge in [0.1, 0.15) is 23.4 Å². The van der Waals surface area contributed by atoms with E-state index in [1.165, 1.54) is 12.8 Å². The second-order valence-corrected chi connectivity index (χ2v) is 12.2. The van der Waals surface area contributed by atoms with Crippen LogP contribution in [0.4, 0.5) is 11.4 Å². The first-order chi connectivity index (χ1) is 20.8. The number of nitrogens with one attached hydrogen (secondary N) is 1. The van der Waals surface area contributed by atoms with Gasteiger partial charge in [0.2, 0.25) is 5.91 Å². The highest BCUT2D eigenvalue weighted by atomic mass is 16.5. The number of rotatable bonds is 8. The average molecular weight is 583 g/mol. The number of nitrogens with zero attached hydrogens (tertiary/aromatic N) is 5.